The number of aromatic nitrogens is 2. The van der Waals surface area contributed by atoms with Gasteiger partial charge in [0.15, 0.2) is 0 Å². The first-order valence-electron chi connectivity index (χ1n) is 7.44. The number of alkyl halides is 2. The third-order valence-corrected chi connectivity index (χ3v) is 3.98. The predicted octanol–water partition coefficient (Wildman–Crippen LogP) is 3.64. The number of halogens is 4. The Hall–Kier alpha value is -2.19. The van der Waals surface area contributed by atoms with Gasteiger partial charge in [0.05, 0.1) is 17.8 Å². The largest absolute Gasteiger partial charge is 0.399 e. The maximum absolute atomic E-state index is 13.0. The molecule has 10 heteroatoms. The summed E-state index contributed by atoms with van der Waals surface area (Å²) >= 11 is 12.0. The van der Waals surface area contributed by atoms with Crippen LogP contribution in [0.5, 0.6) is 0 Å². The first kappa shape index (κ1) is 20.1. The van der Waals surface area contributed by atoms with Crippen LogP contribution in [-0.2, 0) is 18.3 Å². The summed E-state index contributed by atoms with van der Waals surface area (Å²) < 4.78 is 27.1. The molecular formula is C16H16Cl2F2N4O2. The number of hydrogen-bond acceptors (Lipinski definition) is 4. The molecule has 1 aromatic heterocycles. The van der Waals surface area contributed by atoms with Gasteiger partial charge >= 0.3 is 0 Å². The highest BCUT2D eigenvalue weighted by Crippen LogP contribution is 2.22. The molecule has 0 aliphatic heterocycles. The topological polar surface area (TPSA) is 68.5 Å². The quantitative estimate of drug-likeness (QED) is 0.565. The van der Waals surface area contributed by atoms with Crippen molar-refractivity contribution in [1.29, 1.82) is 0 Å². The number of hydrogen-bond donors (Lipinski definition) is 1. The van der Waals surface area contributed by atoms with Gasteiger partial charge < -0.3 is 10.2 Å². The summed E-state index contributed by atoms with van der Waals surface area (Å²) in [7, 11) is 2.82. The second-order valence-electron chi connectivity index (χ2n) is 5.34. The van der Waals surface area contributed by atoms with E-state index in [1.807, 2.05) is 0 Å². The van der Waals surface area contributed by atoms with Crippen LogP contribution < -0.4 is 5.32 Å². The van der Waals surface area contributed by atoms with Crippen LogP contribution in [0, 0.1) is 0 Å². The molecule has 2 rings (SSSR count). The number of amides is 1. The van der Waals surface area contributed by atoms with Crippen LogP contribution in [0.1, 0.15) is 28.0 Å². The van der Waals surface area contributed by atoms with Crippen LogP contribution in [0.25, 0.3) is 0 Å². The highest BCUT2D eigenvalue weighted by Gasteiger charge is 2.22. The fraction of sp³-hybridized carbons (Fsp3) is 0.312. The van der Waals surface area contributed by atoms with E-state index in [0.29, 0.717) is 22.2 Å². The molecule has 1 amide bonds. The Balaban J connectivity index is 2.09. The lowest BCUT2D eigenvalue weighted by atomic mass is 10.1. The number of nitrogens with zero attached hydrogens (tertiary/aromatic N) is 3. The van der Waals surface area contributed by atoms with E-state index in [4.69, 9.17) is 28.0 Å². The van der Waals surface area contributed by atoms with Crippen molar-refractivity contribution < 1.29 is 18.4 Å². The SMILES string of the molecule is CO/N=C(/CNC(=O)c1cn(C)nc1C(F)F)Cc1ccc(Cl)cc1Cl. The lowest BCUT2D eigenvalue weighted by Gasteiger charge is -2.09. The third-order valence-electron chi connectivity index (χ3n) is 3.39. The van der Waals surface area contributed by atoms with Gasteiger partial charge in [0.2, 0.25) is 0 Å². The molecule has 26 heavy (non-hydrogen) atoms. The highest BCUT2D eigenvalue weighted by atomic mass is 35.5. The molecule has 2 aromatic rings. The van der Waals surface area contributed by atoms with Gasteiger partial charge in [-0.15, -0.1) is 0 Å². The molecule has 0 atom stereocenters. The Kier molecular flexibility index (Phi) is 6.93. The molecule has 6 nitrogen and oxygen atoms in total. The molecule has 0 unspecified atom stereocenters. The maximum Gasteiger partial charge on any atom is 0.282 e. The van der Waals surface area contributed by atoms with Crippen molar-refractivity contribution in [3.8, 4) is 0 Å². The van der Waals surface area contributed by atoms with Crippen molar-refractivity contribution in [3.05, 3.63) is 51.3 Å². The zero-order valence-corrected chi connectivity index (χ0v) is 15.5. The molecule has 0 saturated carbocycles. The molecule has 1 N–H and O–H groups in total. The van der Waals surface area contributed by atoms with Gasteiger partial charge in [-0.2, -0.15) is 5.10 Å². The molecule has 0 spiro atoms. The minimum absolute atomic E-state index is 0.0107. The number of aryl methyl sites for hydroxylation is 1. The molecule has 1 aromatic carbocycles. The second kappa shape index (κ2) is 8.95. The van der Waals surface area contributed by atoms with E-state index >= 15 is 0 Å². The molecule has 1 heterocycles. The van der Waals surface area contributed by atoms with E-state index in [1.54, 1.807) is 18.2 Å². The van der Waals surface area contributed by atoms with Crippen LogP contribution in [0.2, 0.25) is 10.0 Å². The average Bonchev–Trinajstić information content (AvgIpc) is 2.97. The monoisotopic (exact) mass is 404 g/mol. The smallest absolute Gasteiger partial charge is 0.282 e. The van der Waals surface area contributed by atoms with Crippen LogP contribution in [0.4, 0.5) is 8.78 Å². The zero-order chi connectivity index (χ0) is 19.3. The number of carbonyl (C=O) groups excluding carboxylic acids is 1. The van der Waals surface area contributed by atoms with Crippen LogP contribution in [0.3, 0.4) is 0 Å². The first-order valence-corrected chi connectivity index (χ1v) is 8.20. The summed E-state index contributed by atoms with van der Waals surface area (Å²) in [4.78, 5) is 17.0. The first-order chi connectivity index (χ1) is 12.3. The summed E-state index contributed by atoms with van der Waals surface area (Å²) in [6, 6.07) is 5.00. The molecule has 0 bridgehead atoms. The van der Waals surface area contributed by atoms with Crippen LogP contribution in [-0.4, -0.2) is 35.1 Å². The van der Waals surface area contributed by atoms with Crippen molar-refractivity contribution in [2.45, 2.75) is 12.8 Å². The van der Waals surface area contributed by atoms with Gasteiger partial charge in [-0.3, -0.25) is 9.48 Å². The third kappa shape index (κ3) is 5.15. The molecule has 0 saturated heterocycles. The lowest BCUT2D eigenvalue weighted by molar-refractivity contribution is 0.0944. The fourth-order valence-electron chi connectivity index (χ4n) is 2.26. The molecule has 0 aliphatic carbocycles. The van der Waals surface area contributed by atoms with E-state index in [1.165, 1.54) is 20.4 Å². The molecular weight excluding hydrogens is 389 g/mol. The number of oxime groups is 1. The Morgan fingerprint density at radius 2 is 2.15 bits per heavy atom. The average molecular weight is 405 g/mol. The summed E-state index contributed by atoms with van der Waals surface area (Å²) in [5.74, 6) is -0.681. The van der Waals surface area contributed by atoms with Crippen molar-refractivity contribution in [2.24, 2.45) is 12.2 Å². The number of carbonyl (C=O) groups is 1. The van der Waals surface area contributed by atoms with E-state index in [9.17, 15) is 13.6 Å². The molecule has 0 fully saturated rings. The Morgan fingerprint density at radius 3 is 2.77 bits per heavy atom. The standard InChI is InChI=1S/C16H16Cl2F2N4O2/c1-24-8-12(14(22-24)15(19)20)16(25)21-7-11(23-26-2)5-9-3-4-10(17)6-13(9)18/h3-4,6,8,15H,5,7H2,1-2H3,(H,21,25)/b23-11+. The summed E-state index contributed by atoms with van der Waals surface area (Å²) in [6.07, 6.45) is -1.32. The van der Waals surface area contributed by atoms with Gasteiger partial charge in [-0.05, 0) is 17.7 Å². The van der Waals surface area contributed by atoms with E-state index < -0.39 is 18.0 Å². The minimum Gasteiger partial charge on any atom is -0.399 e. The molecule has 0 aliphatic rings. The Bertz CT molecular complexity index is 825. The Labute approximate surface area is 158 Å². The van der Waals surface area contributed by atoms with Crippen molar-refractivity contribution in [1.82, 2.24) is 15.1 Å². The molecule has 140 valence electrons. The minimum atomic E-state index is -2.85. The van der Waals surface area contributed by atoms with E-state index in [0.717, 1.165) is 10.2 Å². The predicted molar refractivity (Wildman–Crippen MR) is 95.1 cm³/mol. The van der Waals surface area contributed by atoms with Crippen LogP contribution in [0.15, 0.2) is 29.6 Å². The zero-order valence-electron chi connectivity index (χ0n) is 14.0. The van der Waals surface area contributed by atoms with Crippen LogP contribution >= 0.6 is 23.2 Å². The van der Waals surface area contributed by atoms with Crippen molar-refractivity contribution in [2.75, 3.05) is 13.7 Å². The van der Waals surface area contributed by atoms with Gasteiger partial charge in [0.1, 0.15) is 12.8 Å². The fourth-order valence-corrected chi connectivity index (χ4v) is 2.74. The number of benzene rings is 1. The highest BCUT2D eigenvalue weighted by molar-refractivity contribution is 6.35. The normalized spacial score (nSPS) is 11.7. The molecule has 0 radical (unpaired) electrons. The lowest BCUT2D eigenvalue weighted by Crippen LogP contribution is -2.31. The summed E-state index contributed by atoms with van der Waals surface area (Å²) in [5, 5.41) is 10.9. The summed E-state index contributed by atoms with van der Waals surface area (Å²) in [6.45, 7) is -0.0107. The van der Waals surface area contributed by atoms with Gasteiger partial charge in [-0.1, -0.05) is 34.4 Å². The van der Waals surface area contributed by atoms with Gasteiger partial charge in [0.25, 0.3) is 12.3 Å². The number of rotatable bonds is 7. The van der Waals surface area contributed by atoms with E-state index in [2.05, 4.69) is 15.6 Å². The van der Waals surface area contributed by atoms with Gasteiger partial charge in [-0.25, -0.2) is 8.78 Å². The summed E-state index contributed by atoms with van der Waals surface area (Å²) in [5.41, 5.74) is 0.420. The van der Waals surface area contributed by atoms with E-state index in [-0.39, 0.29) is 12.1 Å². The second-order valence-corrected chi connectivity index (χ2v) is 6.18. The number of nitrogens with one attached hydrogen (secondary N) is 1. The van der Waals surface area contributed by atoms with Crippen molar-refractivity contribution in [3.63, 3.8) is 0 Å². The van der Waals surface area contributed by atoms with Gasteiger partial charge in [0, 0.05) is 29.7 Å². The Morgan fingerprint density at radius 1 is 1.42 bits per heavy atom. The maximum atomic E-state index is 13.0. The van der Waals surface area contributed by atoms with Crippen molar-refractivity contribution >= 4 is 34.8 Å².